The number of hydrogen-bond acceptors (Lipinski definition) is 4. The van der Waals surface area contributed by atoms with Gasteiger partial charge in [-0.05, 0) is 28.1 Å². The lowest BCUT2D eigenvalue weighted by Gasteiger charge is -2.08. The number of carbonyl (C=O) groups is 1. The third-order valence-electron chi connectivity index (χ3n) is 2.24. The molecular formula is C11H7BrFNO4. The lowest BCUT2D eigenvalue weighted by molar-refractivity contribution is 0.0686. The Morgan fingerprint density at radius 2 is 2.28 bits per heavy atom. The third kappa shape index (κ3) is 2.08. The summed E-state index contributed by atoms with van der Waals surface area (Å²) in [4.78, 5) is 10.7. The van der Waals surface area contributed by atoms with Gasteiger partial charge in [0.1, 0.15) is 11.6 Å². The first kappa shape index (κ1) is 12.6. The van der Waals surface area contributed by atoms with Gasteiger partial charge >= 0.3 is 5.97 Å². The highest BCUT2D eigenvalue weighted by molar-refractivity contribution is 9.10. The first-order valence-corrected chi connectivity index (χ1v) is 5.56. The van der Waals surface area contributed by atoms with Gasteiger partial charge in [0, 0.05) is 6.07 Å². The molecule has 0 spiro atoms. The minimum atomic E-state index is -1.25. The van der Waals surface area contributed by atoms with Crippen LogP contribution in [-0.4, -0.2) is 23.3 Å². The number of methoxy groups -OCH3 is 1. The maximum atomic E-state index is 13.8. The Morgan fingerprint density at radius 1 is 1.56 bits per heavy atom. The molecule has 0 saturated heterocycles. The molecule has 1 N–H and O–H groups in total. The van der Waals surface area contributed by atoms with Crippen molar-refractivity contribution in [3.05, 3.63) is 34.2 Å². The van der Waals surface area contributed by atoms with Gasteiger partial charge in [-0.2, -0.15) is 0 Å². The largest absolute Gasteiger partial charge is 0.495 e. The SMILES string of the molecule is COc1c(Br)ccc(F)c1-c1cc(C(=O)O)no1. The van der Waals surface area contributed by atoms with Crippen LogP contribution in [0.25, 0.3) is 11.3 Å². The van der Waals surface area contributed by atoms with Crippen molar-refractivity contribution in [1.82, 2.24) is 5.16 Å². The highest BCUT2D eigenvalue weighted by atomic mass is 79.9. The minimum Gasteiger partial charge on any atom is -0.495 e. The summed E-state index contributed by atoms with van der Waals surface area (Å²) >= 11 is 3.20. The zero-order valence-electron chi connectivity index (χ0n) is 9.11. The topological polar surface area (TPSA) is 72.6 Å². The number of rotatable bonds is 3. The molecule has 1 heterocycles. The lowest BCUT2D eigenvalue weighted by Crippen LogP contribution is -1.95. The zero-order valence-corrected chi connectivity index (χ0v) is 10.7. The van der Waals surface area contributed by atoms with E-state index in [-0.39, 0.29) is 22.8 Å². The quantitative estimate of drug-likeness (QED) is 0.942. The maximum absolute atomic E-state index is 13.8. The second-order valence-electron chi connectivity index (χ2n) is 3.32. The van der Waals surface area contributed by atoms with Crippen molar-refractivity contribution in [3.8, 4) is 17.1 Å². The molecule has 18 heavy (non-hydrogen) atoms. The number of aromatic carboxylic acids is 1. The molecule has 0 unspecified atom stereocenters. The number of hydrogen-bond donors (Lipinski definition) is 1. The summed E-state index contributed by atoms with van der Waals surface area (Å²) in [5, 5.41) is 12.1. The fraction of sp³-hybridized carbons (Fsp3) is 0.0909. The Labute approximate surface area is 109 Å². The Balaban J connectivity index is 2.62. The van der Waals surface area contributed by atoms with Crippen LogP contribution in [0.1, 0.15) is 10.5 Å². The van der Waals surface area contributed by atoms with E-state index in [0.717, 1.165) is 6.07 Å². The molecule has 2 rings (SSSR count). The van der Waals surface area contributed by atoms with Gasteiger partial charge in [0.25, 0.3) is 0 Å². The van der Waals surface area contributed by atoms with Gasteiger partial charge in [-0.15, -0.1) is 0 Å². The van der Waals surface area contributed by atoms with Gasteiger partial charge in [0.2, 0.25) is 0 Å². The second kappa shape index (κ2) is 4.77. The average Bonchev–Trinajstić information content (AvgIpc) is 2.81. The fourth-order valence-corrected chi connectivity index (χ4v) is 1.95. The maximum Gasteiger partial charge on any atom is 0.358 e. The van der Waals surface area contributed by atoms with Crippen molar-refractivity contribution < 1.29 is 23.6 Å². The number of carboxylic acid groups (broad SMARTS) is 1. The van der Waals surface area contributed by atoms with Crippen LogP contribution in [-0.2, 0) is 0 Å². The average molecular weight is 316 g/mol. The van der Waals surface area contributed by atoms with E-state index in [9.17, 15) is 9.18 Å². The van der Waals surface area contributed by atoms with Crippen molar-refractivity contribution in [2.45, 2.75) is 0 Å². The van der Waals surface area contributed by atoms with Gasteiger partial charge in [0.05, 0.1) is 17.1 Å². The molecule has 5 nitrogen and oxygen atoms in total. The van der Waals surface area contributed by atoms with Gasteiger partial charge in [-0.1, -0.05) is 5.16 Å². The van der Waals surface area contributed by atoms with Crippen LogP contribution in [0.2, 0.25) is 0 Å². The van der Waals surface area contributed by atoms with Gasteiger partial charge in [-0.25, -0.2) is 9.18 Å². The standard InChI is InChI=1S/C11H7BrFNO4/c1-17-10-5(12)2-3-6(13)9(10)8-4-7(11(15)16)14-18-8/h2-4H,1H3,(H,15,16). The summed E-state index contributed by atoms with van der Waals surface area (Å²) in [5.41, 5.74) is -0.279. The molecule has 0 bridgehead atoms. The molecule has 94 valence electrons. The minimum absolute atomic E-state index is 0.0111. The predicted molar refractivity (Wildman–Crippen MR) is 63.1 cm³/mol. The molecule has 0 fully saturated rings. The summed E-state index contributed by atoms with van der Waals surface area (Å²) in [5.74, 6) is -1.64. The normalized spacial score (nSPS) is 10.4. The molecule has 7 heteroatoms. The molecule has 0 aliphatic rings. The molecule has 0 aliphatic carbocycles. The van der Waals surface area contributed by atoms with Crippen LogP contribution in [0.15, 0.2) is 27.2 Å². The van der Waals surface area contributed by atoms with Crippen molar-refractivity contribution in [2.75, 3.05) is 7.11 Å². The van der Waals surface area contributed by atoms with Crippen molar-refractivity contribution in [3.63, 3.8) is 0 Å². The van der Waals surface area contributed by atoms with Crippen LogP contribution in [0.4, 0.5) is 4.39 Å². The van der Waals surface area contributed by atoms with Crippen LogP contribution in [0.3, 0.4) is 0 Å². The molecule has 0 amide bonds. The van der Waals surface area contributed by atoms with Crippen LogP contribution < -0.4 is 4.74 Å². The van der Waals surface area contributed by atoms with Gasteiger partial charge in [-0.3, -0.25) is 0 Å². The van der Waals surface area contributed by atoms with E-state index in [0.29, 0.717) is 4.47 Å². The number of nitrogens with zero attached hydrogens (tertiary/aromatic N) is 1. The number of halogens is 2. The number of aromatic nitrogens is 1. The van der Waals surface area contributed by atoms with Gasteiger partial charge < -0.3 is 14.4 Å². The predicted octanol–water partition coefficient (Wildman–Crippen LogP) is 2.95. The molecule has 1 aromatic carbocycles. The summed E-state index contributed by atoms with van der Waals surface area (Å²) in [6.07, 6.45) is 0. The third-order valence-corrected chi connectivity index (χ3v) is 2.86. The Morgan fingerprint density at radius 3 is 2.83 bits per heavy atom. The van der Waals surface area contributed by atoms with Gasteiger partial charge in [0.15, 0.2) is 11.5 Å². The molecule has 0 aliphatic heterocycles. The Hall–Kier alpha value is -1.89. The monoisotopic (exact) mass is 315 g/mol. The van der Waals surface area contributed by atoms with E-state index in [1.165, 1.54) is 19.2 Å². The molecule has 1 aromatic heterocycles. The molecule has 0 saturated carbocycles. The van der Waals surface area contributed by atoms with E-state index in [4.69, 9.17) is 14.4 Å². The first-order chi connectivity index (χ1) is 8.54. The second-order valence-corrected chi connectivity index (χ2v) is 4.17. The fourth-order valence-electron chi connectivity index (χ4n) is 1.46. The van der Waals surface area contributed by atoms with E-state index in [2.05, 4.69) is 21.1 Å². The number of ether oxygens (including phenoxy) is 1. The zero-order chi connectivity index (χ0) is 13.3. The smallest absolute Gasteiger partial charge is 0.358 e. The highest BCUT2D eigenvalue weighted by Crippen LogP contribution is 2.38. The van der Waals surface area contributed by atoms with Crippen LogP contribution in [0.5, 0.6) is 5.75 Å². The molecule has 0 radical (unpaired) electrons. The van der Waals surface area contributed by atoms with Crippen LogP contribution in [0, 0.1) is 5.82 Å². The highest BCUT2D eigenvalue weighted by Gasteiger charge is 2.21. The van der Waals surface area contributed by atoms with Crippen molar-refractivity contribution in [2.24, 2.45) is 0 Å². The van der Waals surface area contributed by atoms with Crippen LogP contribution >= 0.6 is 15.9 Å². The molecular weight excluding hydrogens is 309 g/mol. The van der Waals surface area contributed by atoms with E-state index < -0.39 is 11.8 Å². The Kier molecular flexibility index (Phi) is 3.33. The summed E-state index contributed by atoms with van der Waals surface area (Å²) in [6, 6.07) is 3.83. The van der Waals surface area contributed by atoms with Crippen molar-refractivity contribution in [1.29, 1.82) is 0 Å². The first-order valence-electron chi connectivity index (χ1n) is 4.77. The molecule has 0 atom stereocenters. The summed E-state index contributed by atoms with van der Waals surface area (Å²) < 4.78 is 24.2. The van der Waals surface area contributed by atoms with E-state index in [1.54, 1.807) is 0 Å². The van der Waals surface area contributed by atoms with E-state index >= 15 is 0 Å². The number of benzene rings is 1. The summed E-state index contributed by atoms with van der Waals surface area (Å²) in [6.45, 7) is 0. The summed E-state index contributed by atoms with van der Waals surface area (Å²) in [7, 11) is 1.37. The van der Waals surface area contributed by atoms with E-state index in [1.807, 2.05) is 0 Å². The number of carboxylic acids is 1. The Bertz CT molecular complexity index is 611. The lowest BCUT2D eigenvalue weighted by atomic mass is 10.1. The molecule has 2 aromatic rings. The van der Waals surface area contributed by atoms with Crippen molar-refractivity contribution >= 4 is 21.9 Å².